The molecule has 68 valence electrons. The maximum Gasteiger partial charge on any atom is 0.136 e. The standard InChI is InChI=1S/C10H17NO/c1-7-8-3-2-4-10(12)9(8)5-6-11-7/h7-9,11H,2-6H2,1H3/t7-,8?,9?/m0/s1. The molecule has 2 unspecified atom stereocenters. The van der Waals surface area contributed by atoms with Gasteiger partial charge < -0.3 is 5.32 Å². The van der Waals surface area contributed by atoms with Crippen molar-refractivity contribution < 1.29 is 4.79 Å². The highest BCUT2D eigenvalue weighted by molar-refractivity contribution is 5.82. The van der Waals surface area contributed by atoms with Crippen molar-refractivity contribution >= 4 is 5.78 Å². The van der Waals surface area contributed by atoms with Crippen LogP contribution in [0.15, 0.2) is 0 Å². The van der Waals surface area contributed by atoms with Gasteiger partial charge in [0.05, 0.1) is 0 Å². The average Bonchev–Trinajstić information content (AvgIpc) is 2.07. The van der Waals surface area contributed by atoms with Crippen molar-refractivity contribution in [3.05, 3.63) is 0 Å². The summed E-state index contributed by atoms with van der Waals surface area (Å²) in [7, 11) is 0. The Balaban J connectivity index is 2.10. The van der Waals surface area contributed by atoms with E-state index in [9.17, 15) is 4.79 Å². The summed E-state index contributed by atoms with van der Waals surface area (Å²) >= 11 is 0. The minimum Gasteiger partial charge on any atom is -0.314 e. The number of Topliss-reactive ketones (excluding diaryl/α,β-unsaturated/α-hetero) is 1. The Morgan fingerprint density at radius 2 is 2.25 bits per heavy atom. The van der Waals surface area contributed by atoms with E-state index in [1.54, 1.807) is 0 Å². The Morgan fingerprint density at radius 1 is 1.42 bits per heavy atom. The lowest BCUT2D eigenvalue weighted by molar-refractivity contribution is -0.128. The molecule has 1 aliphatic heterocycles. The Labute approximate surface area is 73.7 Å². The first-order valence-corrected chi connectivity index (χ1v) is 5.05. The molecule has 0 aromatic heterocycles. The molecule has 1 heterocycles. The minimum absolute atomic E-state index is 0.398. The van der Waals surface area contributed by atoms with Crippen molar-refractivity contribution in [1.29, 1.82) is 0 Å². The van der Waals surface area contributed by atoms with Crippen molar-refractivity contribution in [2.24, 2.45) is 11.8 Å². The van der Waals surface area contributed by atoms with Gasteiger partial charge >= 0.3 is 0 Å². The van der Waals surface area contributed by atoms with E-state index < -0.39 is 0 Å². The number of fused-ring (bicyclic) bond motifs is 1. The first-order valence-electron chi connectivity index (χ1n) is 5.05. The molecule has 12 heavy (non-hydrogen) atoms. The van der Waals surface area contributed by atoms with E-state index in [-0.39, 0.29) is 0 Å². The van der Waals surface area contributed by atoms with Crippen molar-refractivity contribution in [3.63, 3.8) is 0 Å². The van der Waals surface area contributed by atoms with Gasteiger partial charge in [0.25, 0.3) is 0 Å². The number of rotatable bonds is 0. The molecule has 0 aromatic rings. The van der Waals surface area contributed by atoms with E-state index in [1.165, 1.54) is 6.42 Å². The zero-order valence-electron chi connectivity index (χ0n) is 7.68. The Kier molecular flexibility index (Phi) is 2.18. The summed E-state index contributed by atoms with van der Waals surface area (Å²) in [5.74, 6) is 1.56. The molecular formula is C10H17NO. The zero-order valence-corrected chi connectivity index (χ0v) is 7.68. The van der Waals surface area contributed by atoms with Gasteiger partial charge in [0.2, 0.25) is 0 Å². The quantitative estimate of drug-likeness (QED) is 0.590. The average molecular weight is 167 g/mol. The Hall–Kier alpha value is -0.370. The lowest BCUT2D eigenvalue weighted by Gasteiger charge is -2.39. The van der Waals surface area contributed by atoms with Crippen LogP contribution in [0.3, 0.4) is 0 Å². The summed E-state index contributed by atoms with van der Waals surface area (Å²) in [6.07, 6.45) is 4.29. The van der Waals surface area contributed by atoms with Crippen molar-refractivity contribution in [2.75, 3.05) is 6.54 Å². The van der Waals surface area contributed by atoms with Crippen molar-refractivity contribution in [3.8, 4) is 0 Å². The summed E-state index contributed by atoms with van der Waals surface area (Å²) in [5, 5.41) is 3.45. The van der Waals surface area contributed by atoms with Gasteiger partial charge in [-0.25, -0.2) is 0 Å². The van der Waals surface area contributed by atoms with Gasteiger partial charge in [0.15, 0.2) is 0 Å². The molecule has 0 bridgehead atoms. The molecule has 1 saturated carbocycles. The van der Waals surface area contributed by atoms with E-state index in [1.807, 2.05) is 0 Å². The number of hydrogen-bond acceptors (Lipinski definition) is 2. The van der Waals surface area contributed by atoms with Crippen LogP contribution in [-0.2, 0) is 4.79 Å². The monoisotopic (exact) mass is 167 g/mol. The molecule has 1 N–H and O–H groups in total. The number of carbonyl (C=O) groups excluding carboxylic acids is 1. The largest absolute Gasteiger partial charge is 0.314 e. The lowest BCUT2D eigenvalue weighted by atomic mass is 9.71. The van der Waals surface area contributed by atoms with Crippen LogP contribution in [0.2, 0.25) is 0 Å². The second kappa shape index (κ2) is 3.17. The van der Waals surface area contributed by atoms with E-state index in [0.717, 1.165) is 25.8 Å². The molecule has 2 fully saturated rings. The van der Waals surface area contributed by atoms with Gasteiger partial charge in [-0.3, -0.25) is 4.79 Å². The maximum atomic E-state index is 11.5. The third kappa shape index (κ3) is 1.28. The molecule has 2 rings (SSSR count). The summed E-state index contributed by atoms with van der Waals surface area (Å²) in [5.41, 5.74) is 0. The van der Waals surface area contributed by atoms with Crippen molar-refractivity contribution in [1.82, 2.24) is 5.32 Å². The molecule has 2 nitrogen and oxygen atoms in total. The van der Waals surface area contributed by atoms with Gasteiger partial charge in [-0.2, -0.15) is 0 Å². The predicted molar refractivity (Wildman–Crippen MR) is 47.9 cm³/mol. The first kappa shape index (κ1) is 8.24. The molecule has 2 aliphatic rings. The Bertz CT molecular complexity index is 190. The SMILES string of the molecule is C[C@@H]1NCCC2C(=O)CCCC21. The van der Waals surface area contributed by atoms with Gasteiger partial charge in [-0.05, 0) is 38.6 Å². The lowest BCUT2D eigenvalue weighted by Crippen LogP contribution is -2.48. The maximum absolute atomic E-state index is 11.5. The second-order valence-corrected chi connectivity index (χ2v) is 4.16. The highest BCUT2D eigenvalue weighted by Gasteiger charge is 2.36. The van der Waals surface area contributed by atoms with Gasteiger partial charge in [0.1, 0.15) is 5.78 Å². The number of carbonyl (C=O) groups is 1. The predicted octanol–water partition coefficient (Wildman–Crippen LogP) is 1.35. The van der Waals surface area contributed by atoms with E-state index >= 15 is 0 Å². The Morgan fingerprint density at radius 3 is 3.00 bits per heavy atom. The fourth-order valence-corrected chi connectivity index (χ4v) is 2.73. The van der Waals surface area contributed by atoms with Gasteiger partial charge in [-0.15, -0.1) is 0 Å². The molecule has 0 radical (unpaired) electrons. The van der Waals surface area contributed by atoms with Crippen LogP contribution in [0.25, 0.3) is 0 Å². The van der Waals surface area contributed by atoms with Gasteiger partial charge in [0, 0.05) is 18.4 Å². The van der Waals surface area contributed by atoms with Crippen LogP contribution in [0, 0.1) is 11.8 Å². The zero-order chi connectivity index (χ0) is 8.55. The first-order chi connectivity index (χ1) is 5.79. The molecule has 3 atom stereocenters. The van der Waals surface area contributed by atoms with Crippen LogP contribution in [0.1, 0.15) is 32.6 Å². The topological polar surface area (TPSA) is 29.1 Å². The molecule has 0 spiro atoms. The second-order valence-electron chi connectivity index (χ2n) is 4.16. The van der Waals surface area contributed by atoms with Gasteiger partial charge in [-0.1, -0.05) is 0 Å². The highest BCUT2D eigenvalue weighted by atomic mass is 16.1. The van der Waals surface area contributed by atoms with E-state index in [2.05, 4.69) is 12.2 Å². The molecule has 1 aliphatic carbocycles. The minimum atomic E-state index is 0.398. The smallest absolute Gasteiger partial charge is 0.136 e. The molecule has 0 amide bonds. The molecule has 1 saturated heterocycles. The van der Waals surface area contributed by atoms with Crippen LogP contribution in [0.5, 0.6) is 0 Å². The third-order valence-electron chi connectivity index (χ3n) is 3.45. The number of piperidine rings is 1. The summed E-state index contributed by atoms with van der Waals surface area (Å²) in [6.45, 7) is 3.25. The normalized spacial score (nSPS) is 42.4. The number of hydrogen-bond donors (Lipinski definition) is 1. The third-order valence-corrected chi connectivity index (χ3v) is 3.45. The van der Waals surface area contributed by atoms with Crippen molar-refractivity contribution in [2.45, 2.75) is 38.6 Å². The fraction of sp³-hybridized carbons (Fsp3) is 0.900. The number of ketones is 1. The molecule has 2 heteroatoms. The van der Waals surface area contributed by atoms with Crippen LogP contribution >= 0.6 is 0 Å². The summed E-state index contributed by atoms with van der Waals surface area (Å²) < 4.78 is 0. The fourth-order valence-electron chi connectivity index (χ4n) is 2.73. The molecule has 0 aromatic carbocycles. The van der Waals surface area contributed by atoms with E-state index in [0.29, 0.717) is 23.7 Å². The number of nitrogens with one attached hydrogen (secondary N) is 1. The van der Waals surface area contributed by atoms with E-state index in [4.69, 9.17) is 0 Å². The highest BCUT2D eigenvalue weighted by Crippen LogP contribution is 2.34. The summed E-state index contributed by atoms with van der Waals surface area (Å²) in [4.78, 5) is 11.5. The van der Waals surface area contributed by atoms with Crippen LogP contribution < -0.4 is 5.32 Å². The molecular weight excluding hydrogens is 150 g/mol. The summed E-state index contributed by atoms with van der Waals surface area (Å²) in [6, 6.07) is 0.563. The van der Waals surface area contributed by atoms with Crippen LogP contribution in [0.4, 0.5) is 0 Å². The van der Waals surface area contributed by atoms with Crippen LogP contribution in [-0.4, -0.2) is 18.4 Å².